The van der Waals surface area contributed by atoms with Crippen molar-refractivity contribution >= 4 is 28.4 Å². The highest BCUT2D eigenvalue weighted by atomic mass is 32.1. The van der Waals surface area contributed by atoms with Crippen LogP contribution in [0.2, 0.25) is 0 Å². The molecule has 108 valence electrons. The van der Waals surface area contributed by atoms with Crippen LogP contribution in [-0.2, 0) is 14.3 Å². The van der Waals surface area contributed by atoms with E-state index in [1.165, 1.54) is 18.4 Å². The van der Waals surface area contributed by atoms with E-state index in [1.807, 2.05) is 0 Å². The van der Waals surface area contributed by atoms with Crippen LogP contribution in [0.15, 0.2) is 11.4 Å². The van der Waals surface area contributed by atoms with Crippen molar-refractivity contribution in [3.8, 4) is 11.8 Å². The van der Waals surface area contributed by atoms with Gasteiger partial charge in [-0.15, -0.1) is 11.3 Å². The van der Waals surface area contributed by atoms with Gasteiger partial charge in [0.25, 0.3) is 0 Å². The lowest BCUT2D eigenvalue weighted by atomic mass is 10.2. The second-order valence-electron chi connectivity index (χ2n) is 4.88. The molecule has 5 nitrogen and oxygen atoms in total. The van der Waals surface area contributed by atoms with Gasteiger partial charge in [-0.1, -0.05) is 11.8 Å². The van der Waals surface area contributed by atoms with Crippen LogP contribution in [0.3, 0.4) is 0 Å². The van der Waals surface area contributed by atoms with Crippen LogP contribution in [0.25, 0.3) is 0 Å². The lowest BCUT2D eigenvalue weighted by Crippen LogP contribution is -2.26. The second kappa shape index (κ2) is 6.96. The van der Waals surface area contributed by atoms with Gasteiger partial charge in [-0.3, -0.25) is 10.1 Å². The topological polar surface area (TPSA) is 64.6 Å². The highest BCUT2D eigenvalue weighted by Gasteiger charge is 2.16. The number of thiophene rings is 1. The summed E-state index contributed by atoms with van der Waals surface area (Å²) in [5.41, 5.74) is 0.190. The zero-order chi connectivity index (χ0) is 15.2. The maximum atomic E-state index is 11.6. The fourth-order valence-electron chi connectivity index (χ4n) is 1.16. The van der Waals surface area contributed by atoms with E-state index in [-0.39, 0.29) is 12.4 Å². The Hall–Kier alpha value is -2.00. The molecule has 20 heavy (non-hydrogen) atoms. The number of rotatable bonds is 2. The Morgan fingerprint density at radius 1 is 1.40 bits per heavy atom. The molecule has 0 aromatic carbocycles. The quantitative estimate of drug-likeness (QED) is 0.673. The SMILES string of the molecule is COC(=O)CC#Cc1csc(NC(=O)OC(C)(C)C)c1. The summed E-state index contributed by atoms with van der Waals surface area (Å²) in [5.74, 6) is 5.14. The van der Waals surface area contributed by atoms with Crippen LogP contribution >= 0.6 is 11.3 Å². The molecule has 0 radical (unpaired) electrons. The van der Waals surface area contributed by atoms with Gasteiger partial charge < -0.3 is 9.47 Å². The van der Waals surface area contributed by atoms with Crippen LogP contribution in [0.4, 0.5) is 9.80 Å². The molecule has 1 aromatic heterocycles. The minimum Gasteiger partial charge on any atom is -0.468 e. The molecule has 0 saturated heterocycles. The number of esters is 1. The van der Waals surface area contributed by atoms with Crippen molar-refractivity contribution in [3.63, 3.8) is 0 Å². The Morgan fingerprint density at radius 2 is 2.10 bits per heavy atom. The van der Waals surface area contributed by atoms with E-state index in [9.17, 15) is 9.59 Å². The molecule has 0 aliphatic heterocycles. The lowest BCUT2D eigenvalue weighted by molar-refractivity contribution is -0.139. The van der Waals surface area contributed by atoms with E-state index in [0.717, 1.165) is 5.56 Å². The van der Waals surface area contributed by atoms with Crippen molar-refractivity contribution in [2.24, 2.45) is 0 Å². The van der Waals surface area contributed by atoms with Gasteiger partial charge in [-0.25, -0.2) is 4.79 Å². The first-order valence-electron chi connectivity index (χ1n) is 5.94. The van der Waals surface area contributed by atoms with Gasteiger partial charge in [0.15, 0.2) is 0 Å². The van der Waals surface area contributed by atoms with Crippen molar-refractivity contribution in [2.45, 2.75) is 32.8 Å². The predicted molar refractivity (Wildman–Crippen MR) is 77.7 cm³/mol. The van der Waals surface area contributed by atoms with Crippen molar-refractivity contribution < 1.29 is 19.1 Å². The summed E-state index contributed by atoms with van der Waals surface area (Å²) in [6.45, 7) is 5.39. The lowest BCUT2D eigenvalue weighted by Gasteiger charge is -2.19. The fraction of sp³-hybridized carbons (Fsp3) is 0.429. The largest absolute Gasteiger partial charge is 0.468 e. The molecule has 0 aliphatic rings. The summed E-state index contributed by atoms with van der Waals surface area (Å²) in [6.07, 6.45) is -0.463. The third-order valence-corrected chi connectivity index (χ3v) is 2.76. The first-order valence-corrected chi connectivity index (χ1v) is 6.82. The van der Waals surface area contributed by atoms with E-state index in [4.69, 9.17) is 4.74 Å². The van der Waals surface area contributed by atoms with Crippen LogP contribution in [0.1, 0.15) is 32.8 Å². The number of carbonyl (C=O) groups excluding carboxylic acids is 2. The highest BCUT2D eigenvalue weighted by Crippen LogP contribution is 2.20. The number of amides is 1. The van der Waals surface area contributed by atoms with Crippen LogP contribution in [0.5, 0.6) is 0 Å². The second-order valence-corrected chi connectivity index (χ2v) is 5.79. The van der Waals surface area contributed by atoms with Crippen LogP contribution in [-0.4, -0.2) is 24.8 Å². The van der Waals surface area contributed by atoms with Gasteiger partial charge in [0.05, 0.1) is 12.1 Å². The first-order chi connectivity index (χ1) is 9.30. The van der Waals surface area contributed by atoms with E-state index < -0.39 is 11.7 Å². The minimum atomic E-state index is -0.537. The smallest absolute Gasteiger partial charge is 0.412 e. The minimum absolute atomic E-state index is 0.0428. The predicted octanol–water partition coefficient (Wildman–Crippen LogP) is 3.01. The van der Waals surface area contributed by atoms with E-state index in [2.05, 4.69) is 21.9 Å². The number of hydrogen-bond acceptors (Lipinski definition) is 5. The molecule has 0 unspecified atom stereocenters. The zero-order valence-electron chi connectivity index (χ0n) is 11.9. The number of anilines is 1. The Labute approximate surface area is 122 Å². The molecule has 0 aliphatic carbocycles. The molecule has 1 heterocycles. The standard InChI is InChI=1S/C14H17NO4S/c1-14(2,3)19-13(17)15-11-8-10(9-20-11)6-5-7-12(16)18-4/h8-9H,7H2,1-4H3,(H,15,17). The maximum absolute atomic E-state index is 11.6. The molecule has 0 atom stereocenters. The Kier molecular flexibility index (Phi) is 5.59. The summed E-state index contributed by atoms with van der Waals surface area (Å²) in [5, 5.41) is 5.06. The average molecular weight is 295 g/mol. The van der Waals surface area contributed by atoms with Gasteiger partial charge in [-0.2, -0.15) is 0 Å². The Balaban J connectivity index is 2.55. The molecule has 0 saturated carbocycles. The summed E-state index contributed by atoms with van der Waals surface area (Å²) < 4.78 is 9.62. The molecule has 1 aromatic rings. The van der Waals surface area contributed by atoms with Gasteiger partial charge in [0.1, 0.15) is 12.0 Å². The van der Waals surface area contributed by atoms with Crippen LogP contribution < -0.4 is 5.32 Å². The number of carbonyl (C=O) groups is 2. The van der Waals surface area contributed by atoms with Gasteiger partial charge >= 0.3 is 12.1 Å². The molecular formula is C14H17NO4S. The molecule has 1 N–H and O–H groups in total. The zero-order valence-corrected chi connectivity index (χ0v) is 12.7. The molecule has 6 heteroatoms. The Morgan fingerprint density at radius 3 is 2.70 bits per heavy atom. The highest BCUT2D eigenvalue weighted by molar-refractivity contribution is 7.14. The number of nitrogens with one attached hydrogen (secondary N) is 1. The number of ether oxygens (including phenoxy) is 2. The van der Waals surface area contributed by atoms with Gasteiger partial charge in [-0.05, 0) is 26.8 Å². The third kappa shape index (κ3) is 6.25. The summed E-state index contributed by atoms with van der Waals surface area (Å²) >= 11 is 1.34. The van der Waals surface area contributed by atoms with Crippen molar-refractivity contribution in [1.29, 1.82) is 0 Å². The van der Waals surface area contributed by atoms with Crippen LogP contribution in [0, 0.1) is 11.8 Å². The molecule has 0 fully saturated rings. The molecule has 1 rings (SSSR count). The molecule has 0 bridgehead atoms. The van der Waals surface area contributed by atoms with Crippen molar-refractivity contribution in [1.82, 2.24) is 0 Å². The van der Waals surface area contributed by atoms with Crippen molar-refractivity contribution in [2.75, 3.05) is 12.4 Å². The average Bonchev–Trinajstić information content (AvgIpc) is 2.73. The summed E-state index contributed by atoms with van der Waals surface area (Å²) in [7, 11) is 1.32. The molecule has 0 spiro atoms. The maximum Gasteiger partial charge on any atom is 0.412 e. The van der Waals surface area contributed by atoms with E-state index in [0.29, 0.717) is 5.00 Å². The van der Waals surface area contributed by atoms with Crippen molar-refractivity contribution in [3.05, 3.63) is 17.0 Å². The van der Waals surface area contributed by atoms with E-state index in [1.54, 1.807) is 32.2 Å². The van der Waals surface area contributed by atoms with Gasteiger partial charge in [0, 0.05) is 10.9 Å². The summed E-state index contributed by atoms with van der Waals surface area (Å²) in [4.78, 5) is 22.4. The number of methoxy groups -OCH3 is 1. The normalized spacial score (nSPS) is 10.2. The first kappa shape index (κ1) is 16.1. The number of hydrogen-bond donors (Lipinski definition) is 1. The molecular weight excluding hydrogens is 278 g/mol. The Bertz CT molecular complexity index is 546. The summed E-state index contributed by atoms with van der Waals surface area (Å²) in [6, 6.07) is 1.72. The van der Waals surface area contributed by atoms with Gasteiger partial charge in [0.2, 0.25) is 0 Å². The monoisotopic (exact) mass is 295 g/mol. The van der Waals surface area contributed by atoms with E-state index >= 15 is 0 Å². The molecule has 1 amide bonds. The third-order valence-electron chi connectivity index (χ3n) is 1.92. The fourth-order valence-corrected chi connectivity index (χ4v) is 1.88.